The highest BCUT2D eigenvalue weighted by molar-refractivity contribution is 9.10. The summed E-state index contributed by atoms with van der Waals surface area (Å²) in [5.41, 5.74) is 1.05. The van der Waals surface area contributed by atoms with Gasteiger partial charge in [0.1, 0.15) is 12.4 Å². The maximum atomic E-state index is 13.6. The first-order chi connectivity index (χ1) is 19.9. The predicted molar refractivity (Wildman–Crippen MR) is 158 cm³/mol. The van der Waals surface area contributed by atoms with Gasteiger partial charge >= 0.3 is 5.69 Å². The first kappa shape index (κ1) is 27.2. The van der Waals surface area contributed by atoms with Gasteiger partial charge in [-0.3, -0.25) is 14.9 Å². The van der Waals surface area contributed by atoms with Crippen LogP contribution in [-0.4, -0.2) is 27.6 Å². The largest absolute Gasteiger partial charge is 0.481 e. The number of aromatic nitrogens is 2. The summed E-state index contributed by atoms with van der Waals surface area (Å²) in [6.07, 6.45) is 6.47. The van der Waals surface area contributed by atoms with E-state index in [0.717, 1.165) is 42.1 Å². The van der Waals surface area contributed by atoms with Gasteiger partial charge in [0, 0.05) is 22.0 Å². The third-order valence-corrected chi connectivity index (χ3v) is 7.96. The zero-order chi connectivity index (χ0) is 28.5. The van der Waals surface area contributed by atoms with Crippen LogP contribution in [0.3, 0.4) is 0 Å². The molecule has 0 spiro atoms. The Labute approximate surface area is 247 Å². The van der Waals surface area contributed by atoms with E-state index in [1.807, 2.05) is 12.1 Å². The molecule has 1 aromatic heterocycles. The molecule has 0 amide bonds. The molecule has 1 aliphatic heterocycles. The predicted octanol–water partition coefficient (Wildman–Crippen LogP) is 6.96. The molecule has 0 unspecified atom stereocenters. The fraction of sp³-hybridized carbons (Fsp3) is 0.276. The number of ether oxygens (including phenoxy) is 3. The molecule has 6 rings (SSSR count). The molecular weight excluding hydrogens is 616 g/mol. The minimum absolute atomic E-state index is 0.0308. The molecule has 10 nitrogen and oxygen atoms in total. The summed E-state index contributed by atoms with van der Waals surface area (Å²) in [6.45, 7) is 0.171. The smallest absolute Gasteiger partial charge is 0.313 e. The zero-order valence-electron chi connectivity index (χ0n) is 21.7. The number of hydrogen-bond acceptors (Lipinski definition) is 8. The van der Waals surface area contributed by atoms with Crippen LogP contribution in [-0.2, 0) is 6.61 Å². The first-order valence-electron chi connectivity index (χ1n) is 13.1. The van der Waals surface area contributed by atoms with Crippen LogP contribution < -0.4 is 19.8 Å². The van der Waals surface area contributed by atoms with Crippen molar-refractivity contribution in [3.63, 3.8) is 0 Å². The second kappa shape index (κ2) is 11.5. The number of halogens is 2. The van der Waals surface area contributed by atoms with E-state index in [2.05, 4.69) is 21.0 Å². The Morgan fingerprint density at radius 2 is 1.93 bits per heavy atom. The van der Waals surface area contributed by atoms with Gasteiger partial charge in [0.25, 0.3) is 5.56 Å². The van der Waals surface area contributed by atoms with Crippen molar-refractivity contribution in [2.24, 2.45) is 5.10 Å². The molecule has 41 heavy (non-hydrogen) atoms. The Kier molecular flexibility index (Phi) is 7.63. The molecule has 4 aromatic rings. The average Bonchev–Trinajstić information content (AvgIpc) is 3.44. The maximum absolute atomic E-state index is 13.6. The molecule has 0 bridgehead atoms. The van der Waals surface area contributed by atoms with Crippen LogP contribution in [0.4, 0.5) is 5.69 Å². The number of fused-ring (bicyclic) bond motifs is 2. The number of rotatable bonds is 7. The standard InChI is InChI=1S/C29H24BrClN4O6/c30-20-7-8-23-21(13-20)29(36)34(28(33-23)19-4-2-1-3-5-19)32-14-18-10-22(31)27(24(11-18)35(37)38)39-15-17-6-9-25-26(12-17)41-16-40-25/h6-14,19H,1-5,15-16H2. The lowest BCUT2D eigenvalue weighted by Crippen LogP contribution is -2.25. The van der Waals surface area contributed by atoms with Gasteiger partial charge in [0.2, 0.25) is 12.5 Å². The fourth-order valence-corrected chi connectivity index (χ4v) is 5.80. The Morgan fingerprint density at radius 3 is 2.73 bits per heavy atom. The van der Waals surface area contributed by atoms with Gasteiger partial charge in [-0.05, 0) is 54.8 Å². The normalized spacial score (nSPS) is 15.1. The molecule has 0 atom stereocenters. The minimum Gasteiger partial charge on any atom is -0.481 e. The van der Waals surface area contributed by atoms with E-state index in [1.165, 1.54) is 23.0 Å². The van der Waals surface area contributed by atoms with Crippen molar-refractivity contribution in [1.82, 2.24) is 9.66 Å². The van der Waals surface area contributed by atoms with Crippen LogP contribution in [0.15, 0.2) is 62.9 Å². The summed E-state index contributed by atoms with van der Waals surface area (Å²) >= 11 is 9.90. The van der Waals surface area contributed by atoms with Crippen molar-refractivity contribution < 1.29 is 19.1 Å². The highest BCUT2D eigenvalue weighted by atomic mass is 79.9. The SMILES string of the molecule is O=c1c2cc(Br)ccc2nc(C2CCCCC2)n1N=Cc1cc(Cl)c(OCc2ccc3c(c2)OCO3)c([N+](=O)[O-])c1. The van der Waals surface area contributed by atoms with Crippen molar-refractivity contribution in [1.29, 1.82) is 0 Å². The van der Waals surface area contributed by atoms with Crippen molar-refractivity contribution in [2.45, 2.75) is 44.6 Å². The van der Waals surface area contributed by atoms with Gasteiger partial charge in [-0.15, -0.1) is 0 Å². The maximum Gasteiger partial charge on any atom is 0.313 e. The molecule has 0 radical (unpaired) electrons. The summed E-state index contributed by atoms with van der Waals surface area (Å²) < 4.78 is 18.6. The molecule has 210 valence electrons. The van der Waals surface area contributed by atoms with Crippen molar-refractivity contribution >= 4 is 50.3 Å². The van der Waals surface area contributed by atoms with Gasteiger partial charge in [-0.2, -0.15) is 9.78 Å². The Balaban J connectivity index is 1.34. The van der Waals surface area contributed by atoms with Crippen LogP contribution in [0.25, 0.3) is 10.9 Å². The average molecular weight is 640 g/mol. The first-order valence-corrected chi connectivity index (χ1v) is 14.3. The van der Waals surface area contributed by atoms with E-state index >= 15 is 0 Å². The van der Waals surface area contributed by atoms with Gasteiger partial charge in [0.05, 0.1) is 27.1 Å². The Bertz CT molecular complexity index is 1750. The van der Waals surface area contributed by atoms with Crippen LogP contribution in [0.1, 0.15) is 55.0 Å². The second-order valence-electron chi connectivity index (χ2n) is 9.91. The number of nitrogens with zero attached hydrogens (tertiary/aromatic N) is 4. The van der Waals surface area contributed by atoms with E-state index in [4.69, 9.17) is 30.8 Å². The van der Waals surface area contributed by atoms with Crippen molar-refractivity contribution in [2.75, 3.05) is 6.79 Å². The Hall–Kier alpha value is -3.96. The van der Waals surface area contributed by atoms with E-state index in [9.17, 15) is 14.9 Å². The topological polar surface area (TPSA) is 118 Å². The summed E-state index contributed by atoms with van der Waals surface area (Å²) in [7, 11) is 0. The van der Waals surface area contributed by atoms with Gasteiger partial charge in [-0.25, -0.2) is 4.98 Å². The molecule has 1 aliphatic carbocycles. The molecule has 12 heteroatoms. The third kappa shape index (κ3) is 5.64. The number of hydrogen-bond donors (Lipinski definition) is 0. The lowest BCUT2D eigenvalue weighted by molar-refractivity contribution is -0.385. The fourth-order valence-electron chi connectivity index (χ4n) is 5.17. The van der Waals surface area contributed by atoms with Crippen LogP contribution >= 0.6 is 27.5 Å². The Morgan fingerprint density at radius 1 is 1.12 bits per heavy atom. The highest BCUT2D eigenvalue weighted by Crippen LogP contribution is 2.38. The molecule has 1 fully saturated rings. The molecule has 1 saturated carbocycles. The molecule has 0 N–H and O–H groups in total. The van der Waals surface area contributed by atoms with Crippen molar-refractivity contribution in [3.05, 3.63) is 95.4 Å². The van der Waals surface area contributed by atoms with E-state index in [-0.39, 0.29) is 41.3 Å². The molecule has 2 heterocycles. The lowest BCUT2D eigenvalue weighted by Gasteiger charge is -2.22. The summed E-state index contributed by atoms with van der Waals surface area (Å²) in [5.74, 6) is 1.82. The minimum atomic E-state index is -0.563. The summed E-state index contributed by atoms with van der Waals surface area (Å²) in [6, 6.07) is 13.5. The van der Waals surface area contributed by atoms with E-state index in [1.54, 1.807) is 24.3 Å². The zero-order valence-corrected chi connectivity index (χ0v) is 24.1. The lowest BCUT2D eigenvalue weighted by atomic mass is 9.88. The molecular formula is C29H24BrClN4O6. The van der Waals surface area contributed by atoms with Gasteiger partial charge < -0.3 is 14.2 Å². The second-order valence-corrected chi connectivity index (χ2v) is 11.2. The van der Waals surface area contributed by atoms with E-state index < -0.39 is 4.92 Å². The van der Waals surface area contributed by atoms with Gasteiger partial charge in [-0.1, -0.05) is 52.9 Å². The molecule has 3 aromatic carbocycles. The van der Waals surface area contributed by atoms with Gasteiger partial charge in [0.15, 0.2) is 11.5 Å². The molecule has 2 aliphatic rings. The molecule has 0 saturated heterocycles. The quantitative estimate of drug-likeness (QED) is 0.122. The van der Waals surface area contributed by atoms with E-state index in [0.29, 0.717) is 33.8 Å². The van der Waals surface area contributed by atoms with Crippen LogP contribution in [0.2, 0.25) is 5.02 Å². The summed E-state index contributed by atoms with van der Waals surface area (Å²) in [4.78, 5) is 29.8. The van der Waals surface area contributed by atoms with Crippen LogP contribution in [0.5, 0.6) is 17.2 Å². The summed E-state index contributed by atoms with van der Waals surface area (Å²) in [5, 5.41) is 16.9. The number of nitro benzene ring substituents is 1. The van der Waals surface area contributed by atoms with Crippen molar-refractivity contribution in [3.8, 4) is 17.2 Å². The highest BCUT2D eigenvalue weighted by Gasteiger charge is 2.24. The number of benzene rings is 3. The van der Waals surface area contributed by atoms with Crippen LogP contribution in [0, 0.1) is 10.1 Å². The monoisotopic (exact) mass is 638 g/mol. The third-order valence-electron chi connectivity index (χ3n) is 7.19. The number of nitro groups is 1.